The van der Waals surface area contributed by atoms with Gasteiger partial charge in [0.2, 0.25) is 0 Å². The molecule has 4 rings (SSSR count). The normalized spacial score (nSPS) is 11.6. The van der Waals surface area contributed by atoms with E-state index in [1.807, 2.05) is 13.8 Å². The second-order valence-electron chi connectivity index (χ2n) is 8.68. The van der Waals surface area contributed by atoms with Crippen LogP contribution in [0.2, 0.25) is 5.02 Å². The smallest absolute Gasteiger partial charge is 0.417 e. The molecule has 0 atom stereocenters. The zero-order valence-corrected chi connectivity index (χ0v) is 21.0. The van der Waals surface area contributed by atoms with E-state index in [1.165, 1.54) is 18.7 Å². The number of nitrogens with zero attached hydrogens (tertiary/aromatic N) is 4. The van der Waals surface area contributed by atoms with Gasteiger partial charge in [-0.15, -0.1) is 0 Å². The Hall–Kier alpha value is -4.19. The molecule has 0 radical (unpaired) electrons. The minimum Gasteiger partial charge on any atom is -0.465 e. The molecule has 198 valence electrons. The molecule has 4 aromatic rings. The lowest BCUT2D eigenvalue weighted by molar-refractivity contribution is -0.144. The van der Waals surface area contributed by atoms with Crippen molar-refractivity contribution in [3.63, 3.8) is 0 Å². The number of benzene rings is 2. The number of nitrogens with one attached hydrogen (secondary N) is 2. The van der Waals surface area contributed by atoms with Gasteiger partial charge in [0.15, 0.2) is 5.65 Å². The van der Waals surface area contributed by atoms with Crippen LogP contribution in [-0.2, 0) is 22.1 Å². The molecule has 0 aliphatic carbocycles. The van der Waals surface area contributed by atoms with E-state index in [-0.39, 0.29) is 18.0 Å². The lowest BCUT2D eigenvalue weighted by Crippen LogP contribution is -2.20. The maximum atomic E-state index is 13.1. The lowest BCUT2D eigenvalue weighted by atomic mass is 10.2. The molecule has 2 N–H and O–H groups in total. The Morgan fingerprint density at radius 1 is 1.03 bits per heavy atom. The number of rotatable bonds is 7. The summed E-state index contributed by atoms with van der Waals surface area (Å²) in [7, 11) is 0. The second kappa shape index (κ2) is 11.1. The fourth-order valence-electron chi connectivity index (χ4n) is 3.47. The number of amides is 2. The van der Waals surface area contributed by atoms with Crippen LogP contribution in [0.1, 0.15) is 25.1 Å². The molecule has 0 fully saturated rings. The van der Waals surface area contributed by atoms with Crippen molar-refractivity contribution in [3.8, 4) is 5.69 Å². The molecule has 0 unspecified atom stereocenters. The Labute approximate surface area is 220 Å². The first-order valence-electron chi connectivity index (χ1n) is 11.4. The zero-order valence-electron chi connectivity index (χ0n) is 20.2. The van der Waals surface area contributed by atoms with E-state index < -0.39 is 28.8 Å². The number of urea groups is 1. The Kier molecular flexibility index (Phi) is 7.81. The predicted octanol–water partition coefficient (Wildman–Crippen LogP) is 5.87. The highest BCUT2D eigenvalue weighted by Crippen LogP contribution is 2.36. The van der Waals surface area contributed by atoms with Crippen LogP contribution >= 0.6 is 11.6 Å². The predicted molar refractivity (Wildman–Crippen MR) is 135 cm³/mol. The summed E-state index contributed by atoms with van der Waals surface area (Å²) in [6, 6.07) is 8.96. The highest BCUT2D eigenvalue weighted by atomic mass is 35.5. The Balaban J connectivity index is 1.45. The Morgan fingerprint density at radius 2 is 1.71 bits per heavy atom. The van der Waals surface area contributed by atoms with Crippen molar-refractivity contribution >= 4 is 46.1 Å². The van der Waals surface area contributed by atoms with Crippen molar-refractivity contribution < 1.29 is 27.5 Å². The number of halogens is 4. The monoisotopic (exact) mass is 546 g/mol. The summed E-state index contributed by atoms with van der Waals surface area (Å²) in [6.07, 6.45) is -1.82. The number of anilines is 2. The molecule has 2 amide bonds. The van der Waals surface area contributed by atoms with Crippen LogP contribution in [0.25, 0.3) is 16.9 Å². The summed E-state index contributed by atoms with van der Waals surface area (Å²) in [4.78, 5) is 37.3. The summed E-state index contributed by atoms with van der Waals surface area (Å²) in [5.74, 6) is -0.193. The number of hydrogen-bond acceptors (Lipinski definition) is 6. The summed E-state index contributed by atoms with van der Waals surface area (Å²) in [6.45, 7) is 4.20. The van der Waals surface area contributed by atoms with Crippen LogP contribution in [0, 0.1) is 5.92 Å². The molecule has 2 heterocycles. The molecule has 9 nitrogen and oxygen atoms in total. The summed E-state index contributed by atoms with van der Waals surface area (Å²) < 4.78 is 46.1. The highest BCUT2D eigenvalue weighted by Gasteiger charge is 2.33. The van der Waals surface area contributed by atoms with Gasteiger partial charge in [-0.2, -0.15) is 13.2 Å². The van der Waals surface area contributed by atoms with Gasteiger partial charge in [0.05, 0.1) is 29.3 Å². The van der Waals surface area contributed by atoms with Gasteiger partial charge in [-0.25, -0.2) is 19.7 Å². The first-order chi connectivity index (χ1) is 18.0. The third-order valence-electron chi connectivity index (χ3n) is 5.23. The van der Waals surface area contributed by atoms with E-state index in [2.05, 4.69) is 25.6 Å². The molecule has 38 heavy (non-hydrogen) atoms. The van der Waals surface area contributed by atoms with Gasteiger partial charge in [-0.1, -0.05) is 25.4 Å². The largest absolute Gasteiger partial charge is 0.465 e. The molecule has 0 spiro atoms. The molecule has 0 aliphatic rings. The van der Waals surface area contributed by atoms with Crippen LogP contribution < -0.4 is 10.6 Å². The first-order valence-corrected chi connectivity index (χ1v) is 11.8. The number of hydrogen-bond donors (Lipinski definition) is 2. The second-order valence-corrected chi connectivity index (χ2v) is 9.09. The molecule has 0 saturated carbocycles. The summed E-state index contributed by atoms with van der Waals surface area (Å²) in [5, 5.41) is 4.45. The van der Waals surface area contributed by atoms with Crippen LogP contribution in [0.15, 0.2) is 55.1 Å². The lowest BCUT2D eigenvalue weighted by Gasteiger charge is -2.12. The van der Waals surface area contributed by atoms with Crippen molar-refractivity contribution in [2.24, 2.45) is 5.92 Å². The minimum absolute atomic E-state index is 0.0429. The number of alkyl halides is 3. The molecule has 13 heteroatoms. The van der Waals surface area contributed by atoms with Gasteiger partial charge >= 0.3 is 18.2 Å². The van der Waals surface area contributed by atoms with E-state index >= 15 is 0 Å². The van der Waals surface area contributed by atoms with Crippen molar-refractivity contribution in [3.05, 3.63) is 71.4 Å². The van der Waals surface area contributed by atoms with Crippen LogP contribution in [-0.4, -0.2) is 38.1 Å². The minimum atomic E-state index is -4.65. The number of carbonyl (C=O) groups excluding carboxylic acids is 2. The Morgan fingerprint density at radius 3 is 2.39 bits per heavy atom. The SMILES string of the molecule is CC(C)COC(=O)Cc1ncnc2c1ncn2-c1ccc(NC(=O)Nc2ccc(Cl)c(C(F)(F)F)c2)cc1. The van der Waals surface area contributed by atoms with E-state index in [4.69, 9.17) is 16.3 Å². The van der Waals surface area contributed by atoms with E-state index in [0.717, 1.165) is 12.1 Å². The van der Waals surface area contributed by atoms with Gasteiger partial charge in [0.25, 0.3) is 0 Å². The average molecular weight is 547 g/mol. The molecule has 0 saturated heterocycles. The van der Waals surface area contributed by atoms with Gasteiger partial charge in [0, 0.05) is 17.1 Å². The number of carbonyl (C=O) groups is 2. The fourth-order valence-corrected chi connectivity index (χ4v) is 3.69. The maximum Gasteiger partial charge on any atom is 0.417 e. The van der Waals surface area contributed by atoms with Crippen molar-refractivity contribution in [2.45, 2.75) is 26.4 Å². The van der Waals surface area contributed by atoms with Crippen molar-refractivity contribution in [1.82, 2.24) is 19.5 Å². The van der Waals surface area contributed by atoms with Crippen LogP contribution in [0.5, 0.6) is 0 Å². The fraction of sp³-hybridized carbons (Fsp3) is 0.240. The third-order valence-corrected chi connectivity index (χ3v) is 5.56. The van der Waals surface area contributed by atoms with Crippen LogP contribution in [0.4, 0.5) is 29.3 Å². The summed E-state index contributed by atoms with van der Waals surface area (Å²) in [5.41, 5.74) is 1.32. The molecular weight excluding hydrogens is 525 g/mol. The summed E-state index contributed by atoms with van der Waals surface area (Å²) >= 11 is 5.61. The molecular formula is C25H22ClF3N6O3. The topological polar surface area (TPSA) is 111 Å². The number of esters is 1. The highest BCUT2D eigenvalue weighted by molar-refractivity contribution is 6.31. The average Bonchev–Trinajstić information content (AvgIpc) is 3.29. The maximum absolute atomic E-state index is 13.1. The number of fused-ring (bicyclic) bond motifs is 1. The standard InChI is InChI=1S/C25H22ClF3N6O3/c1-14(2)11-38-21(36)10-20-22-23(31-12-30-20)35(13-32-22)17-6-3-15(4-7-17)33-24(37)34-16-5-8-19(26)18(9-16)25(27,28)29/h3-9,12-14H,10-11H2,1-2H3,(H2,33,34,37). The molecule has 0 aliphatic heterocycles. The molecule has 0 bridgehead atoms. The van der Waals surface area contributed by atoms with Gasteiger partial charge in [-0.05, 0) is 48.4 Å². The quantitative estimate of drug-likeness (QED) is 0.280. The van der Waals surface area contributed by atoms with Crippen LogP contribution in [0.3, 0.4) is 0 Å². The van der Waals surface area contributed by atoms with E-state index in [1.54, 1.807) is 28.8 Å². The Bertz CT molecular complexity index is 1470. The number of ether oxygens (including phenoxy) is 1. The molecule has 2 aromatic heterocycles. The zero-order chi connectivity index (χ0) is 27.4. The van der Waals surface area contributed by atoms with Gasteiger partial charge in [-0.3, -0.25) is 9.36 Å². The first kappa shape index (κ1) is 26.9. The van der Waals surface area contributed by atoms with Gasteiger partial charge < -0.3 is 15.4 Å². The van der Waals surface area contributed by atoms with Gasteiger partial charge in [0.1, 0.15) is 18.2 Å². The number of aromatic nitrogens is 4. The third kappa shape index (κ3) is 6.38. The van der Waals surface area contributed by atoms with E-state index in [0.29, 0.717) is 34.8 Å². The van der Waals surface area contributed by atoms with Crippen molar-refractivity contribution in [2.75, 3.05) is 17.2 Å². The van der Waals surface area contributed by atoms with E-state index in [9.17, 15) is 22.8 Å². The molecule has 2 aromatic carbocycles. The van der Waals surface area contributed by atoms with Crippen molar-refractivity contribution in [1.29, 1.82) is 0 Å². The number of imidazole rings is 1.